The Kier molecular flexibility index (Phi) is 6.77. The van der Waals surface area contributed by atoms with Gasteiger partial charge in [-0.15, -0.1) is 46.4 Å². The largest absolute Gasteiger partial charge is 0.388 e. The Morgan fingerprint density at radius 3 is 1.21 bits per heavy atom. The van der Waals surface area contributed by atoms with Crippen LogP contribution in [0.1, 0.15) is 106 Å². The second-order valence-corrected chi connectivity index (χ2v) is 18.3. The van der Waals surface area contributed by atoms with Gasteiger partial charge < -0.3 is 10.2 Å². The van der Waals surface area contributed by atoms with Crippen molar-refractivity contribution in [2.45, 2.75) is 127 Å². The Morgan fingerprint density at radius 2 is 0.895 bits per heavy atom. The Labute approximate surface area is 250 Å². The summed E-state index contributed by atoms with van der Waals surface area (Å²) in [6.07, 6.45) is 9.41. The highest BCUT2D eigenvalue weighted by Crippen LogP contribution is 2.89. The molecule has 0 unspecified atom stereocenters. The van der Waals surface area contributed by atoms with Gasteiger partial charge in [0.25, 0.3) is 0 Å². The fraction of sp³-hybridized carbons (Fsp3) is 0.875. The van der Waals surface area contributed by atoms with Gasteiger partial charge in [0, 0.05) is 33.5 Å². The molecule has 8 atom stereocenters. The van der Waals surface area contributed by atoms with Gasteiger partial charge >= 0.3 is 0 Å². The number of halogens is 4. The summed E-state index contributed by atoms with van der Waals surface area (Å²) >= 11 is 27.0. The molecule has 216 valence electrons. The monoisotopic (exact) mass is 604 g/mol. The van der Waals surface area contributed by atoms with Crippen molar-refractivity contribution in [3.63, 3.8) is 0 Å². The van der Waals surface area contributed by atoms with Crippen LogP contribution in [-0.2, 0) is 0 Å². The summed E-state index contributed by atoms with van der Waals surface area (Å²) < 4.78 is -1.38. The van der Waals surface area contributed by atoms with Crippen molar-refractivity contribution in [2.75, 3.05) is 0 Å². The second kappa shape index (κ2) is 8.57. The molecule has 0 heterocycles. The van der Waals surface area contributed by atoms with E-state index in [1.807, 2.05) is 0 Å². The number of alkyl halides is 4. The number of rotatable bonds is 0. The summed E-state index contributed by atoms with van der Waals surface area (Å²) in [5.74, 6) is 0.257. The zero-order valence-electron chi connectivity index (χ0n) is 24.2. The lowest BCUT2D eigenvalue weighted by atomic mass is 9.59. The lowest BCUT2D eigenvalue weighted by molar-refractivity contribution is -0.0267. The molecule has 6 fully saturated rings. The van der Waals surface area contributed by atoms with E-state index in [-0.39, 0.29) is 44.3 Å². The first kappa shape index (κ1) is 30.0. The van der Waals surface area contributed by atoms with Gasteiger partial charge in [0.15, 0.2) is 0 Å². The minimum Gasteiger partial charge on any atom is -0.388 e. The maximum Gasteiger partial charge on any atom is 0.130 e. The van der Waals surface area contributed by atoms with Crippen molar-refractivity contribution < 1.29 is 10.2 Å². The van der Waals surface area contributed by atoms with E-state index < -0.39 is 20.9 Å². The second-order valence-electron chi connectivity index (χ2n) is 15.6. The van der Waals surface area contributed by atoms with Gasteiger partial charge in [0.1, 0.15) is 8.67 Å². The van der Waals surface area contributed by atoms with E-state index in [2.05, 4.69) is 54.7 Å². The van der Waals surface area contributed by atoms with Crippen LogP contribution in [0.4, 0.5) is 0 Å². The van der Waals surface area contributed by atoms with Crippen LogP contribution in [0.25, 0.3) is 0 Å². The summed E-state index contributed by atoms with van der Waals surface area (Å²) in [6, 6.07) is 0. The average molecular weight is 607 g/mol. The standard InChI is InChI=1S/2C16H24Cl2O/c2*1-10-6-9-15-12(11(10)19)13(2,3)7-5-8-14(15,4)16(15,17)18/h2*11-12,19H,1,5-9H2,2-4H3/t2*11-,12-,14-,15+/m11/s1. The van der Waals surface area contributed by atoms with Crippen molar-refractivity contribution in [1.82, 2.24) is 0 Å². The van der Waals surface area contributed by atoms with E-state index in [0.29, 0.717) is 0 Å². The molecule has 2 nitrogen and oxygen atoms in total. The maximum absolute atomic E-state index is 10.8. The van der Waals surface area contributed by atoms with Crippen LogP contribution in [0.3, 0.4) is 0 Å². The highest BCUT2D eigenvalue weighted by Gasteiger charge is 2.89. The first-order chi connectivity index (χ1) is 17.2. The zero-order valence-corrected chi connectivity index (χ0v) is 27.2. The van der Waals surface area contributed by atoms with Crippen molar-refractivity contribution in [1.29, 1.82) is 0 Å². The molecule has 0 aromatic rings. The van der Waals surface area contributed by atoms with Gasteiger partial charge in [-0.3, -0.25) is 0 Å². The van der Waals surface area contributed by atoms with Crippen molar-refractivity contribution in [3.8, 4) is 0 Å². The quantitative estimate of drug-likeness (QED) is 0.213. The molecule has 0 saturated heterocycles. The summed E-state index contributed by atoms with van der Waals surface area (Å²) in [4.78, 5) is 0. The van der Waals surface area contributed by atoms with Crippen LogP contribution in [0.15, 0.2) is 24.3 Å². The molecule has 0 aromatic carbocycles. The van der Waals surface area contributed by atoms with Crippen molar-refractivity contribution in [3.05, 3.63) is 24.3 Å². The Bertz CT molecular complexity index is 966. The van der Waals surface area contributed by atoms with Gasteiger partial charge in [-0.25, -0.2) is 0 Å². The highest BCUT2D eigenvalue weighted by molar-refractivity contribution is 6.53. The van der Waals surface area contributed by atoms with Crippen LogP contribution in [0, 0.1) is 44.3 Å². The van der Waals surface area contributed by atoms with Gasteiger partial charge in [-0.1, -0.05) is 67.5 Å². The fourth-order valence-electron chi connectivity index (χ4n) is 10.9. The molecule has 0 amide bonds. The lowest BCUT2D eigenvalue weighted by Crippen LogP contribution is -2.46. The molecular formula is C32H48Cl4O2. The first-order valence-corrected chi connectivity index (χ1v) is 16.2. The average Bonchev–Trinajstić information content (AvgIpc) is 3.40. The van der Waals surface area contributed by atoms with Gasteiger partial charge in [0.2, 0.25) is 0 Å². The van der Waals surface area contributed by atoms with E-state index in [0.717, 1.165) is 75.4 Å². The van der Waals surface area contributed by atoms with Gasteiger partial charge in [-0.05, 0) is 73.3 Å². The molecule has 6 heteroatoms. The van der Waals surface area contributed by atoms with E-state index in [1.54, 1.807) is 0 Å². The predicted molar refractivity (Wildman–Crippen MR) is 161 cm³/mol. The molecule has 0 bridgehead atoms. The third-order valence-corrected chi connectivity index (χ3v) is 16.3. The topological polar surface area (TPSA) is 40.5 Å². The van der Waals surface area contributed by atoms with E-state index in [9.17, 15) is 10.2 Å². The van der Waals surface area contributed by atoms with E-state index in [1.165, 1.54) is 0 Å². The normalized spacial score (nSPS) is 50.9. The fourth-order valence-corrected chi connectivity index (χ4v) is 13.5. The van der Waals surface area contributed by atoms with Gasteiger partial charge in [0.05, 0.1) is 12.2 Å². The van der Waals surface area contributed by atoms with Crippen LogP contribution >= 0.6 is 46.4 Å². The molecule has 2 N–H and O–H groups in total. The molecular weight excluding hydrogens is 558 g/mol. The SMILES string of the molecule is C=C1CC[C@]23[C@H]([C@@H]1O)C(C)(C)CCC[C@@]2(C)C3(Cl)Cl.C=C1CC[C@]23[C@H]([C@@H]1O)C(C)(C)CCC[C@@]2(C)C3(Cl)Cl. The molecule has 0 radical (unpaired) electrons. The summed E-state index contributed by atoms with van der Waals surface area (Å²) in [5.41, 5.74) is 1.67. The predicted octanol–water partition coefficient (Wildman–Crippen LogP) is 9.41. The number of hydrogen-bond acceptors (Lipinski definition) is 2. The van der Waals surface area contributed by atoms with Crippen LogP contribution in [0.2, 0.25) is 0 Å². The summed E-state index contributed by atoms with van der Waals surface area (Å²) in [5, 5.41) is 21.5. The molecule has 6 aliphatic rings. The Balaban J connectivity index is 0.000000155. The number of aliphatic hydroxyl groups excluding tert-OH is 2. The zero-order chi connectivity index (χ0) is 28.5. The van der Waals surface area contributed by atoms with Crippen LogP contribution in [0.5, 0.6) is 0 Å². The molecule has 0 aromatic heterocycles. The maximum atomic E-state index is 10.8. The van der Waals surface area contributed by atoms with Gasteiger partial charge in [-0.2, -0.15) is 0 Å². The van der Waals surface area contributed by atoms with Crippen molar-refractivity contribution in [2.24, 2.45) is 44.3 Å². The minimum atomic E-state index is -0.690. The number of aliphatic hydroxyl groups is 2. The van der Waals surface area contributed by atoms with Crippen LogP contribution in [-0.4, -0.2) is 31.1 Å². The lowest BCUT2D eigenvalue weighted by Gasteiger charge is -2.47. The molecule has 0 aliphatic heterocycles. The highest BCUT2D eigenvalue weighted by atomic mass is 35.5. The summed E-state index contributed by atoms with van der Waals surface area (Å²) in [6.45, 7) is 21.6. The minimum absolute atomic E-state index is 0.0524. The first-order valence-electron chi connectivity index (χ1n) is 14.7. The Morgan fingerprint density at radius 1 is 0.579 bits per heavy atom. The van der Waals surface area contributed by atoms with Crippen LogP contribution < -0.4 is 0 Å². The number of hydrogen-bond donors (Lipinski definition) is 2. The molecule has 2 spiro atoms. The third kappa shape index (κ3) is 3.29. The molecule has 6 rings (SSSR count). The van der Waals surface area contributed by atoms with E-state index >= 15 is 0 Å². The van der Waals surface area contributed by atoms with Crippen molar-refractivity contribution >= 4 is 46.4 Å². The van der Waals surface area contributed by atoms with E-state index in [4.69, 9.17) is 46.4 Å². The molecule has 38 heavy (non-hydrogen) atoms. The Hall–Kier alpha value is 0.560. The smallest absolute Gasteiger partial charge is 0.130 e. The summed E-state index contributed by atoms with van der Waals surface area (Å²) in [7, 11) is 0. The molecule has 6 saturated carbocycles. The third-order valence-electron chi connectivity index (χ3n) is 13.2. The molecule has 6 aliphatic carbocycles.